The number of para-hydroxylation sites is 2. The highest BCUT2D eigenvalue weighted by molar-refractivity contribution is 7.18. The van der Waals surface area contributed by atoms with Gasteiger partial charge in [0.25, 0.3) is 0 Å². The quantitative estimate of drug-likeness (QED) is 0.612. The minimum atomic E-state index is 0.212. The third kappa shape index (κ3) is 4.95. The van der Waals surface area contributed by atoms with Crippen LogP contribution < -0.4 is 4.74 Å². The fourth-order valence-corrected chi connectivity index (χ4v) is 5.07. The van der Waals surface area contributed by atoms with Crippen LogP contribution in [-0.2, 0) is 13.1 Å². The lowest BCUT2D eigenvalue weighted by atomic mass is 10.1. The first-order chi connectivity index (χ1) is 14.3. The number of aliphatic hydroxyl groups is 1. The van der Waals surface area contributed by atoms with Crippen LogP contribution in [-0.4, -0.2) is 58.8 Å². The van der Waals surface area contributed by atoms with Crippen LogP contribution in [0.1, 0.15) is 23.9 Å². The van der Waals surface area contributed by atoms with Gasteiger partial charge in [-0.15, -0.1) is 11.3 Å². The Morgan fingerprint density at radius 2 is 1.93 bits per heavy atom. The highest BCUT2D eigenvalue weighted by Crippen LogP contribution is 2.26. The number of aliphatic hydroxyl groups excluding tert-OH is 1. The van der Waals surface area contributed by atoms with Gasteiger partial charge < -0.3 is 9.84 Å². The molecule has 1 fully saturated rings. The first-order valence-electron chi connectivity index (χ1n) is 10.4. The number of fused-ring (bicyclic) bond motifs is 1. The second-order valence-electron chi connectivity index (χ2n) is 7.49. The summed E-state index contributed by atoms with van der Waals surface area (Å²) in [4.78, 5) is 9.76. The number of aromatic nitrogens is 1. The second kappa shape index (κ2) is 9.67. The molecule has 1 atom stereocenters. The van der Waals surface area contributed by atoms with Crippen molar-refractivity contribution >= 4 is 21.6 Å². The molecular weight excluding hydrogens is 382 g/mol. The number of rotatable bonds is 8. The van der Waals surface area contributed by atoms with E-state index in [0.29, 0.717) is 12.6 Å². The highest BCUT2D eigenvalue weighted by atomic mass is 32.1. The summed E-state index contributed by atoms with van der Waals surface area (Å²) in [6.45, 7) is 7.58. The molecule has 2 aromatic carbocycles. The zero-order valence-corrected chi connectivity index (χ0v) is 17.8. The molecule has 0 radical (unpaired) electrons. The van der Waals surface area contributed by atoms with E-state index in [0.717, 1.165) is 50.4 Å². The summed E-state index contributed by atoms with van der Waals surface area (Å²) in [7, 11) is 0. The Morgan fingerprint density at radius 3 is 2.76 bits per heavy atom. The van der Waals surface area contributed by atoms with Crippen LogP contribution in [0.5, 0.6) is 5.75 Å². The fourth-order valence-electron chi connectivity index (χ4n) is 4.06. The Hall–Kier alpha value is -1.99. The number of ether oxygens (including phenoxy) is 1. The lowest BCUT2D eigenvalue weighted by Gasteiger charge is -2.41. The largest absolute Gasteiger partial charge is 0.494 e. The lowest BCUT2D eigenvalue weighted by Crippen LogP contribution is -2.52. The van der Waals surface area contributed by atoms with Gasteiger partial charge in [-0.05, 0) is 31.5 Å². The molecule has 1 aliphatic heterocycles. The Labute approximate surface area is 176 Å². The van der Waals surface area contributed by atoms with Crippen molar-refractivity contribution in [1.82, 2.24) is 14.8 Å². The van der Waals surface area contributed by atoms with Gasteiger partial charge in [-0.1, -0.05) is 30.3 Å². The Balaban J connectivity index is 1.43. The van der Waals surface area contributed by atoms with Gasteiger partial charge in [0.1, 0.15) is 10.8 Å². The van der Waals surface area contributed by atoms with Crippen LogP contribution in [0, 0.1) is 0 Å². The second-order valence-corrected chi connectivity index (χ2v) is 8.60. The molecule has 0 bridgehead atoms. The van der Waals surface area contributed by atoms with Crippen LogP contribution >= 0.6 is 11.3 Å². The van der Waals surface area contributed by atoms with E-state index in [9.17, 15) is 5.11 Å². The summed E-state index contributed by atoms with van der Waals surface area (Å²) in [6, 6.07) is 17.0. The fraction of sp³-hybridized carbons (Fsp3) is 0.435. The minimum Gasteiger partial charge on any atom is -0.494 e. The maximum Gasteiger partial charge on any atom is 0.123 e. The van der Waals surface area contributed by atoms with Gasteiger partial charge in [-0.3, -0.25) is 9.80 Å². The molecule has 29 heavy (non-hydrogen) atoms. The van der Waals surface area contributed by atoms with Gasteiger partial charge in [0.15, 0.2) is 0 Å². The molecule has 4 rings (SSSR count). The van der Waals surface area contributed by atoms with E-state index >= 15 is 0 Å². The maximum absolute atomic E-state index is 9.63. The Bertz CT molecular complexity index is 896. The number of piperazine rings is 1. The van der Waals surface area contributed by atoms with Crippen molar-refractivity contribution in [2.24, 2.45) is 0 Å². The summed E-state index contributed by atoms with van der Waals surface area (Å²) in [5.74, 6) is 0.967. The Morgan fingerprint density at radius 1 is 1.10 bits per heavy atom. The zero-order chi connectivity index (χ0) is 20.1. The van der Waals surface area contributed by atoms with E-state index in [2.05, 4.69) is 40.1 Å². The van der Waals surface area contributed by atoms with E-state index in [4.69, 9.17) is 9.72 Å². The molecule has 6 heteroatoms. The number of thiazole rings is 1. The van der Waals surface area contributed by atoms with Crippen molar-refractivity contribution in [3.8, 4) is 5.75 Å². The minimum absolute atomic E-state index is 0.212. The number of nitrogens with zero attached hydrogens (tertiary/aromatic N) is 3. The van der Waals surface area contributed by atoms with E-state index in [1.807, 2.05) is 25.1 Å². The van der Waals surface area contributed by atoms with Crippen LogP contribution in [0.25, 0.3) is 10.2 Å². The van der Waals surface area contributed by atoms with E-state index in [1.54, 1.807) is 11.3 Å². The maximum atomic E-state index is 9.63. The predicted molar refractivity (Wildman–Crippen MR) is 118 cm³/mol. The van der Waals surface area contributed by atoms with Gasteiger partial charge >= 0.3 is 0 Å². The summed E-state index contributed by atoms with van der Waals surface area (Å²) >= 11 is 1.78. The molecule has 154 valence electrons. The number of hydrogen-bond acceptors (Lipinski definition) is 6. The molecule has 2 heterocycles. The normalized spacial score (nSPS) is 18.3. The standard InChI is InChI=1S/C23H29N3O2S/c1-2-28-21-9-5-3-7-18(21)15-26-13-12-25(16-19(26)11-14-27)17-23-24-20-8-4-6-10-22(20)29-23/h3-10,19,27H,2,11-17H2,1H3/t19-/m1/s1. The molecule has 1 saturated heterocycles. The third-order valence-corrected chi connectivity index (χ3v) is 6.52. The zero-order valence-electron chi connectivity index (χ0n) is 17.0. The van der Waals surface area contributed by atoms with Gasteiger partial charge in [0.05, 0.1) is 23.4 Å². The summed E-state index contributed by atoms with van der Waals surface area (Å²) in [5, 5.41) is 10.8. The van der Waals surface area contributed by atoms with E-state index < -0.39 is 0 Å². The molecule has 0 unspecified atom stereocenters. The van der Waals surface area contributed by atoms with Gasteiger partial charge in [0, 0.05) is 44.4 Å². The molecule has 0 amide bonds. The smallest absolute Gasteiger partial charge is 0.123 e. The summed E-state index contributed by atoms with van der Waals surface area (Å²) < 4.78 is 7.06. The SMILES string of the molecule is CCOc1ccccc1CN1CCN(Cc2nc3ccccc3s2)C[C@H]1CCO. The van der Waals surface area contributed by atoms with E-state index in [-0.39, 0.29) is 6.61 Å². The van der Waals surface area contributed by atoms with Crippen molar-refractivity contribution in [3.05, 3.63) is 59.1 Å². The van der Waals surface area contributed by atoms with Gasteiger partial charge in [-0.25, -0.2) is 4.98 Å². The molecule has 1 aromatic heterocycles. The predicted octanol–water partition coefficient (Wildman–Crippen LogP) is 3.76. The van der Waals surface area contributed by atoms with Crippen molar-refractivity contribution in [2.45, 2.75) is 32.5 Å². The molecule has 5 nitrogen and oxygen atoms in total. The third-order valence-electron chi connectivity index (χ3n) is 5.49. The van der Waals surface area contributed by atoms with Crippen molar-refractivity contribution < 1.29 is 9.84 Å². The van der Waals surface area contributed by atoms with Crippen LogP contribution in [0.3, 0.4) is 0 Å². The molecule has 1 aliphatic rings. The number of benzene rings is 2. The van der Waals surface area contributed by atoms with Crippen molar-refractivity contribution in [1.29, 1.82) is 0 Å². The Kier molecular flexibility index (Phi) is 6.77. The average molecular weight is 412 g/mol. The number of hydrogen-bond donors (Lipinski definition) is 1. The molecule has 0 spiro atoms. The van der Waals surface area contributed by atoms with E-state index in [1.165, 1.54) is 15.3 Å². The highest BCUT2D eigenvalue weighted by Gasteiger charge is 2.27. The molecule has 0 saturated carbocycles. The van der Waals surface area contributed by atoms with Crippen molar-refractivity contribution in [2.75, 3.05) is 32.8 Å². The average Bonchev–Trinajstić information content (AvgIpc) is 3.14. The lowest BCUT2D eigenvalue weighted by molar-refractivity contribution is 0.0494. The molecule has 1 N–H and O–H groups in total. The molecular formula is C23H29N3O2S. The van der Waals surface area contributed by atoms with Gasteiger partial charge in [-0.2, -0.15) is 0 Å². The monoisotopic (exact) mass is 411 g/mol. The van der Waals surface area contributed by atoms with Crippen LogP contribution in [0.4, 0.5) is 0 Å². The summed E-state index contributed by atoms with van der Waals surface area (Å²) in [5.41, 5.74) is 2.31. The molecule has 3 aromatic rings. The van der Waals surface area contributed by atoms with Crippen LogP contribution in [0.15, 0.2) is 48.5 Å². The first kappa shape index (κ1) is 20.3. The van der Waals surface area contributed by atoms with Crippen molar-refractivity contribution in [3.63, 3.8) is 0 Å². The topological polar surface area (TPSA) is 48.8 Å². The van der Waals surface area contributed by atoms with Gasteiger partial charge in [0.2, 0.25) is 0 Å². The molecule has 0 aliphatic carbocycles. The first-order valence-corrected chi connectivity index (χ1v) is 11.2. The van der Waals surface area contributed by atoms with Crippen LogP contribution in [0.2, 0.25) is 0 Å². The summed E-state index contributed by atoms with van der Waals surface area (Å²) in [6.07, 6.45) is 0.785.